The zero-order valence-corrected chi connectivity index (χ0v) is 16.1. The molecule has 0 aliphatic carbocycles. The molecule has 1 aromatic heterocycles. The fraction of sp³-hybridized carbons (Fsp3) is 0.526. The molecule has 9 heteroatoms. The van der Waals surface area contributed by atoms with E-state index in [4.69, 9.17) is 4.74 Å². The summed E-state index contributed by atoms with van der Waals surface area (Å²) in [6, 6.07) is 7.65. The normalized spacial score (nSPS) is 16.6. The molecule has 0 radical (unpaired) electrons. The van der Waals surface area contributed by atoms with Gasteiger partial charge in [0.15, 0.2) is 0 Å². The summed E-state index contributed by atoms with van der Waals surface area (Å²) in [7, 11) is 1.62. The number of rotatable bonds is 8. The van der Waals surface area contributed by atoms with Gasteiger partial charge in [0.25, 0.3) is 0 Å². The zero-order valence-electron chi connectivity index (χ0n) is 16.1. The van der Waals surface area contributed by atoms with Crippen LogP contribution in [0.1, 0.15) is 31.2 Å². The lowest BCUT2D eigenvalue weighted by atomic mass is 9.93. The maximum Gasteiger partial charge on any atom is 0.244 e. The smallest absolute Gasteiger partial charge is 0.244 e. The molecule has 1 aliphatic heterocycles. The van der Waals surface area contributed by atoms with Crippen molar-refractivity contribution in [1.29, 1.82) is 0 Å². The van der Waals surface area contributed by atoms with Crippen LogP contribution in [0.25, 0.3) is 0 Å². The highest BCUT2D eigenvalue weighted by Crippen LogP contribution is 2.21. The van der Waals surface area contributed by atoms with Gasteiger partial charge in [-0.25, -0.2) is 4.68 Å². The van der Waals surface area contributed by atoms with Crippen molar-refractivity contribution in [1.82, 2.24) is 30.4 Å². The Morgan fingerprint density at radius 2 is 2.25 bits per heavy atom. The molecule has 1 atom stereocenters. The Labute approximate surface area is 164 Å². The molecular weight excluding hydrogens is 360 g/mol. The number of ether oxygens (including phenoxy) is 1. The monoisotopic (exact) mass is 386 g/mol. The van der Waals surface area contributed by atoms with Crippen LogP contribution in [0.5, 0.6) is 5.75 Å². The zero-order chi connectivity index (χ0) is 19.8. The number of carbonyl (C=O) groups excluding carboxylic acids is 2. The highest BCUT2D eigenvalue weighted by atomic mass is 16.5. The second-order valence-corrected chi connectivity index (χ2v) is 7.02. The summed E-state index contributed by atoms with van der Waals surface area (Å²) >= 11 is 0. The average molecular weight is 386 g/mol. The minimum atomic E-state index is 0.0134. The first-order chi connectivity index (χ1) is 13.6. The highest BCUT2D eigenvalue weighted by Gasteiger charge is 2.24. The van der Waals surface area contributed by atoms with E-state index in [2.05, 4.69) is 20.8 Å². The Balaban J connectivity index is 1.39. The number of nitrogens with zero attached hydrogens (tertiary/aromatic N) is 5. The number of tetrazole rings is 1. The molecular formula is C19H26N6O3. The standard InChI is InChI=1S/C19H26N6O3/c1-28-17-6-2-4-16(10-17)11-20-18(26)8-7-15-5-3-9-24(12-15)19(27)13-25-14-21-22-23-25/h2,4,6,10,14-15H,3,5,7-9,11-13H2,1H3,(H,20,26)/t15-/m0/s1. The summed E-state index contributed by atoms with van der Waals surface area (Å²) in [4.78, 5) is 26.4. The molecule has 150 valence electrons. The van der Waals surface area contributed by atoms with Gasteiger partial charge < -0.3 is 15.0 Å². The third-order valence-electron chi connectivity index (χ3n) is 4.96. The minimum Gasteiger partial charge on any atom is -0.497 e. The van der Waals surface area contributed by atoms with Crippen LogP contribution in [-0.2, 0) is 22.7 Å². The fourth-order valence-corrected chi connectivity index (χ4v) is 3.43. The molecule has 0 saturated carbocycles. The molecule has 9 nitrogen and oxygen atoms in total. The summed E-state index contributed by atoms with van der Waals surface area (Å²) in [5.74, 6) is 1.16. The molecule has 1 saturated heterocycles. The highest BCUT2D eigenvalue weighted by molar-refractivity contribution is 5.76. The van der Waals surface area contributed by atoms with E-state index >= 15 is 0 Å². The van der Waals surface area contributed by atoms with Crippen LogP contribution in [-0.4, -0.2) is 57.1 Å². The van der Waals surface area contributed by atoms with E-state index in [0.717, 1.165) is 37.1 Å². The van der Waals surface area contributed by atoms with Crippen molar-refractivity contribution < 1.29 is 14.3 Å². The fourth-order valence-electron chi connectivity index (χ4n) is 3.43. The summed E-state index contributed by atoms with van der Waals surface area (Å²) in [6.07, 6.45) is 4.67. The van der Waals surface area contributed by atoms with Gasteiger partial charge in [0.05, 0.1) is 7.11 Å². The number of amides is 2. The largest absolute Gasteiger partial charge is 0.497 e. The number of likely N-dealkylation sites (tertiary alicyclic amines) is 1. The molecule has 2 aromatic rings. The quantitative estimate of drug-likeness (QED) is 0.727. The van der Waals surface area contributed by atoms with Gasteiger partial charge in [-0.2, -0.15) is 0 Å². The molecule has 2 amide bonds. The molecule has 0 spiro atoms. The molecule has 1 aliphatic rings. The second kappa shape index (κ2) is 9.82. The van der Waals surface area contributed by atoms with Crippen LogP contribution in [0.3, 0.4) is 0 Å². The number of hydrogen-bond donors (Lipinski definition) is 1. The van der Waals surface area contributed by atoms with Gasteiger partial charge in [-0.1, -0.05) is 12.1 Å². The number of hydrogen-bond acceptors (Lipinski definition) is 6. The summed E-state index contributed by atoms with van der Waals surface area (Å²) in [5.41, 5.74) is 1.00. The number of benzene rings is 1. The molecule has 0 bridgehead atoms. The lowest BCUT2D eigenvalue weighted by Crippen LogP contribution is -2.41. The number of nitrogens with one attached hydrogen (secondary N) is 1. The Morgan fingerprint density at radius 1 is 1.36 bits per heavy atom. The van der Waals surface area contributed by atoms with E-state index in [1.807, 2.05) is 29.2 Å². The third-order valence-corrected chi connectivity index (χ3v) is 4.96. The van der Waals surface area contributed by atoms with Crippen LogP contribution >= 0.6 is 0 Å². The second-order valence-electron chi connectivity index (χ2n) is 7.02. The number of piperidine rings is 1. The predicted octanol–water partition coefficient (Wildman–Crippen LogP) is 1.02. The van der Waals surface area contributed by atoms with Crippen LogP contribution in [0, 0.1) is 5.92 Å². The van der Waals surface area contributed by atoms with E-state index in [9.17, 15) is 9.59 Å². The van der Waals surface area contributed by atoms with Gasteiger partial charge in [0.1, 0.15) is 18.6 Å². The summed E-state index contributed by atoms with van der Waals surface area (Å²) in [6.45, 7) is 2.07. The number of carbonyl (C=O) groups is 2. The van der Waals surface area contributed by atoms with Gasteiger partial charge >= 0.3 is 0 Å². The molecule has 28 heavy (non-hydrogen) atoms. The molecule has 1 aromatic carbocycles. The topological polar surface area (TPSA) is 102 Å². The van der Waals surface area contributed by atoms with E-state index in [1.165, 1.54) is 11.0 Å². The Hall–Kier alpha value is -2.97. The first-order valence-electron chi connectivity index (χ1n) is 9.52. The number of methoxy groups -OCH3 is 1. The van der Waals surface area contributed by atoms with Gasteiger partial charge in [-0.3, -0.25) is 9.59 Å². The Kier molecular flexibility index (Phi) is 6.94. The van der Waals surface area contributed by atoms with Crippen molar-refractivity contribution in [3.05, 3.63) is 36.2 Å². The van der Waals surface area contributed by atoms with Crippen molar-refractivity contribution in [2.45, 2.75) is 38.8 Å². The van der Waals surface area contributed by atoms with Gasteiger partial charge in [0, 0.05) is 26.1 Å². The minimum absolute atomic E-state index is 0.0134. The maximum atomic E-state index is 12.4. The third kappa shape index (κ3) is 5.77. The van der Waals surface area contributed by atoms with Gasteiger partial charge in [-0.15, -0.1) is 5.10 Å². The van der Waals surface area contributed by atoms with Crippen molar-refractivity contribution in [3.8, 4) is 5.75 Å². The van der Waals surface area contributed by atoms with Crippen LogP contribution in [0.2, 0.25) is 0 Å². The number of aromatic nitrogens is 4. The van der Waals surface area contributed by atoms with E-state index in [0.29, 0.717) is 25.4 Å². The molecule has 3 rings (SSSR count). The Morgan fingerprint density at radius 3 is 3.04 bits per heavy atom. The Bertz CT molecular complexity index is 780. The SMILES string of the molecule is COc1cccc(CNC(=O)CC[C@@H]2CCCN(C(=O)Cn3cnnn3)C2)c1. The van der Waals surface area contributed by atoms with Gasteiger partial charge in [-0.05, 0) is 53.3 Å². The molecule has 1 fully saturated rings. The molecule has 1 N–H and O–H groups in total. The van der Waals surface area contributed by atoms with E-state index in [-0.39, 0.29) is 18.4 Å². The van der Waals surface area contributed by atoms with Crippen LogP contribution in [0.15, 0.2) is 30.6 Å². The first kappa shape index (κ1) is 19.8. The first-order valence-corrected chi connectivity index (χ1v) is 9.52. The molecule has 2 heterocycles. The average Bonchev–Trinajstić information content (AvgIpc) is 3.24. The van der Waals surface area contributed by atoms with Crippen molar-refractivity contribution >= 4 is 11.8 Å². The van der Waals surface area contributed by atoms with E-state index in [1.54, 1.807) is 7.11 Å². The van der Waals surface area contributed by atoms with Gasteiger partial charge in [0.2, 0.25) is 11.8 Å². The van der Waals surface area contributed by atoms with E-state index < -0.39 is 0 Å². The van der Waals surface area contributed by atoms with Crippen LogP contribution in [0.4, 0.5) is 0 Å². The van der Waals surface area contributed by atoms with Crippen molar-refractivity contribution in [2.75, 3.05) is 20.2 Å². The predicted molar refractivity (Wildman–Crippen MR) is 101 cm³/mol. The molecule has 0 unspecified atom stereocenters. The lowest BCUT2D eigenvalue weighted by Gasteiger charge is -2.32. The summed E-state index contributed by atoms with van der Waals surface area (Å²) < 4.78 is 6.62. The van der Waals surface area contributed by atoms with Crippen molar-refractivity contribution in [2.24, 2.45) is 5.92 Å². The summed E-state index contributed by atoms with van der Waals surface area (Å²) in [5, 5.41) is 13.8. The van der Waals surface area contributed by atoms with Crippen LogP contribution < -0.4 is 10.1 Å². The lowest BCUT2D eigenvalue weighted by molar-refractivity contribution is -0.133. The van der Waals surface area contributed by atoms with Crippen molar-refractivity contribution in [3.63, 3.8) is 0 Å². The maximum absolute atomic E-state index is 12.4.